The van der Waals surface area contributed by atoms with Crippen molar-refractivity contribution in [3.63, 3.8) is 0 Å². The van der Waals surface area contributed by atoms with E-state index >= 15 is 0 Å². The average molecular weight is 551 g/mol. The van der Waals surface area contributed by atoms with E-state index in [1.807, 2.05) is 13.8 Å². The normalized spacial score (nSPS) is 44.2. The van der Waals surface area contributed by atoms with E-state index in [1.54, 1.807) is 20.8 Å². The van der Waals surface area contributed by atoms with E-state index in [0.717, 1.165) is 0 Å². The van der Waals surface area contributed by atoms with Crippen molar-refractivity contribution < 1.29 is 48.3 Å². The molecular formula is C29H42O10. The fraction of sp³-hybridized carbons (Fsp3) is 0.793. The molecule has 0 spiro atoms. The number of hydrogen-bond donors (Lipinski definition) is 2. The van der Waals surface area contributed by atoms with Crippen molar-refractivity contribution in [1.29, 1.82) is 0 Å². The summed E-state index contributed by atoms with van der Waals surface area (Å²) >= 11 is 0. The van der Waals surface area contributed by atoms with Crippen LogP contribution in [0.3, 0.4) is 0 Å². The molecule has 0 aromatic rings. The van der Waals surface area contributed by atoms with Crippen LogP contribution in [0.15, 0.2) is 11.6 Å². The molecule has 4 rings (SSSR count). The summed E-state index contributed by atoms with van der Waals surface area (Å²) in [6, 6.07) is 0. The molecule has 0 radical (unpaired) electrons. The molecule has 4 aliphatic rings. The van der Waals surface area contributed by atoms with Crippen LogP contribution in [0.1, 0.15) is 81.1 Å². The molecule has 0 aromatic carbocycles. The number of carbonyl (C=O) groups excluding carboxylic acids is 4. The number of Topliss-reactive ketones (excluding diaryl/α,β-unsaturated/α-hetero) is 1. The minimum atomic E-state index is -1.81. The number of ether oxygens (including phenoxy) is 4. The highest BCUT2D eigenvalue weighted by molar-refractivity contribution is 5.87. The standard InChI is InChI=1S/C29H42O10/c1-9-36-28-14-19-23(27(8,34)20(28)13-22(33)39-28)18(12-15(2)30)24(38-17(4)32)29(35)25(5,6)11-10-21(26(19,29)7)37-16(3)31/h13,18-19,21,23-24,34-35H,9-12,14H2,1-8H3. The Bertz CT molecular complexity index is 1110. The molecule has 3 saturated carbocycles. The Morgan fingerprint density at radius 2 is 1.67 bits per heavy atom. The third-order valence-electron chi connectivity index (χ3n) is 10.1. The molecule has 3 fully saturated rings. The second kappa shape index (κ2) is 9.38. The number of rotatable bonds is 6. The molecule has 10 heteroatoms. The highest BCUT2D eigenvalue weighted by Gasteiger charge is 2.80. The van der Waals surface area contributed by atoms with Gasteiger partial charge in [-0.25, -0.2) is 4.79 Å². The lowest BCUT2D eigenvalue weighted by molar-refractivity contribution is -0.356. The van der Waals surface area contributed by atoms with Crippen molar-refractivity contribution in [3.05, 3.63) is 11.6 Å². The third-order valence-corrected chi connectivity index (χ3v) is 10.1. The SMILES string of the molecule is CCOC12CC3C(C(CC(C)=O)C(OC(C)=O)C4(O)C(C)(C)CCC(OC(C)=O)C34C)C(C)(O)C1=CC(=O)O2. The van der Waals surface area contributed by atoms with Gasteiger partial charge in [-0.3, -0.25) is 9.59 Å². The molecule has 9 unspecified atom stereocenters. The van der Waals surface area contributed by atoms with Gasteiger partial charge in [-0.15, -0.1) is 0 Å². The van der Waals surface area contributed by atoms with Crippen molar-refractivity contribution in [3.8, 4) is 0 Å². The quantitative estimate of drug-likeness (QED) is 0.374. The van der Waals surface area contributed by atoms with Gasteiger partial charge in [0.05, 0.1) is 5.60 Å². The van der Waals surface area contributed by atoms with Crippen molar-refractivity contribution in [2.45, 2.75) is 110 Å². The first-order valence-electron chi connectivity index (χ1n) is 13.8. The van der Waals surface area contributed by atoms with Crippen LogP contribution in [0.25, 0.3) is 0 Å². The Kier molecular flexibility index (Phi) is 7.14. The largest absolute Gasteiger partial charge is 0.462 e. The summed E-state index contributed by atoms with van der Waals surface area (Å²) < 4.78 is 23.6. The van der Waals surface area contributed by atoms with E-state index in [0.29, 0.717) is 12.8 Å². The predicted molar refractivity (Wildman–Crippen MR) is 137 cm³/mol. The molecule has 0 saturated heterocycles. The lowest BCUT2D eigenvalue weighted by Crippen LogP contribution is -2.81. The number of hydrogen-bond acceptors (Lipinski definition) is 10. The Hall–Kier alpha value is -2.30. The predicted octanol–water partition coefficient (Wildman–Crippen LogP) is 2.62. The third kappa shape index (κ3) is 4.08. The van der Waals surface area contributed by atoms with E-state index in [9.17, 15) is 29.4 Å². The molecule has 10 nitrogen and oxygen atoms in total. The Balaban J connectivity index is 2.08. The lowest BCUT2D eigenvalue weighted by atomic mass is 9.36. The summed E-state index contributed by atoms with van der Waals surface area (Å²) in [6.45, 7) is 12.9. The first kappa shape index (κ1) is 29.7. The van der Waals surface area contributed by atoms with E-state index < -0.39 is 75.7 Å². The summed E-state index contributed by atoms with van der Waals surface area (Å²) in [7, 11) is 0. The maximum atomic E-state index is 13.0. The number of ketones is 1. The molecule has 9 atom stereocenters. The Morgan fingerprint density at radius 3 is 2.21 bits per heavy atom. The molecule has 3 aliphatic carbocycles. The summed E-state index contributed by atoms with van der Waals surface area (Å²) in [5.41, 5.74) is -5.53. The fourth-order valence-corrected chi connectivity index (χ4v) is 8.81. The van der Waals surface area contributed by atoms with Gasteiger partial charge >= 0.3 is 17.9 Å². The van der Waals surface area contributed by atoms with Crippen molar-refractivity contribution >= 4 is 23.7 Å². The maximum absolute atomic E-state index is 13.0. The van der Waals surface area contributed by atoms with Crippen LogP contribution in [0, 0.1) is 28.6 Å². The fourth-order valence-electron chi connectivity index (χ4n) is 8.81. The van der Waals surface area contributed by atoms with Gasteiger partial charge in [-0.2, -0.15) is 0 Å². The minimum Gasteiger partial charge on any atom is -0.462 e. The number of esters is 3. The van der Waals surface area contributed by atoms with Gasteiger partial charge in [0.1, 0.15) is 23.6 Å². The van der Waals surface area contributed by atoms with Crippen LogP contribution < -0.4 is 0 Å². The molecule has 0 amide bonds. The summed E-state index contributed by atoms with van der Waals surface area (Å²) in [5.74, 6) is -5.97. The van der Waals surface area contributed by atoms with Crippen LogP contribution in [-0.4, -0.2) is 69.7 Å². The van der Waals surface area contributed by atoms with Gasteiger partial charge in [0, 0.05) is 62.2 Å². The van der Waals surface area contributed by atoms with E-state index in [1.165, 1.54) is 26.8 Å². The number of carbonyl (C=O) groups is 4. The van der Waals surface area contributed by atoms with E-state index in [-0.39, 0.29) is 30.8 Å². The highest BCUT2D eigenvalue weighted by atomic mass is 16.7. The molecule has 39 heavy (non-hydrogen) atoms. The Morgan fingerprint density at radius 1 is 1.05 bits per heavy atom. The van der Waals surface area contributed by atoms with Crippen LogP contribution in [-0.2, 0) is 38.1 Å². The lowest BCUT2D eigenvalue weighted by Gasteiger charge is -2.72. The maximum Gasteiger partial charge on any atom is 0.333 e. The second-order valence-corrected chi connectivity index (χ2v) is 12.8. The molecular weight excluding hydrogens is 508 g/mol. The molecule has 218 valence electrons. The zero-order valence-electron chi connectivity index (χ0n) is 24.2. The zero-order valence-corrected chi connectivity index (χ0v) is 24.2. The number of fused-ring (bicyclic) bond motifs is 4. The Labute approximate surface area is 229 Å². The molecule has 1 heterocycles. The number of aliphatic hydroxyl groups is 2. The molecule has 1 aliphatic heterocycles. The van der Waals surface area contributed by atoms with Gasteiger partial charge in [-0.1, -0.05) is 20.8 Å². The molecule has 2 N–H and O–H groups in total. The van der Waals surface area contributed by atoms with Gasteiger partial charge < -0.3 is 34.0 Å². The summed E-state index contributed by atoms with van der Waals surface area (Å²) in [5, 5.41) is 25.4. The van der Waals surface area contributed by atoms with E-state index in [2.05, 4.69) is 0 Å². The van der Waals surface area contributed by atoms with Gasteiger partial charge in [0.2, 0.25) is 5.79 Å². The molecule has 0 aromatic heterocycles. The summed E-state index contributed by atoms with van der Waals surface area (Å²) in [4.78, 5) is 50.3. The van der Waals surface area contributed by atoms with Crippen LogP contribution in [0.2, 0.25) is 0 Å². The van der Waals surface area contributed by atoms with Gasteiger partial charge in [0.15, 0.2) is 0 Å². The van der Waals surface area contributed by atoms with Gasteiger partial charge in [0.25, 0.3) is 0 Å². The second-order valence-electron chi connectivity index (χ2n) is 12.8. The van der Waals surface area contributed by atoms with Crippen molar-refractivity contribution in [2.75, 3.05) is 6.61 Å². The summed E-state index contributed by atoms with van der Waals surface area (Å²) in [6.07, 6.45) is -0.0116. The smallest absolute Gasteiger partial charge is 0.333 e. The zero-order chi connectivity index (χ0) is 29.3. The average Bonchev–Trinajstić information content (AvgIpc) is 3.12. The molecule has 0 bridgehead atoms. The van der Waals surface area contributed by atoms with Crippen LogP contribution >= 0.6 is 0 Å². The highest BCUT2D eigenvalue weighted by Crippen LogP contribution is 2.71. The minimum absolute atomic E-state index is 0.0487. The van der Waals surface area contributed by atoms with Crippen molar-refractivity contribution in [2.24, 2.45) is 28.6 Å². The topological polar surface area (TPSA) is 146 Å². The monoisotopic (exact) mass is 550 g/mol. The van der Waals surface area contributed by atoms with E-state index in [4.69, 9.17) is 18.9 Å². The van der Waals surface area contributed by atoms with Crippen molar-refractivity contribution in [1.82, 2.24) is 0 Å². The first-order chi connectivity index (χ1) is 17.9. The van der Waals surface area contributed by atoms with Gasteiger partial charge in [-0.05, 0) is 44.9 Å². The van der Waals surface area contributed by atoms with Crippen LogP contribution in [0.4, 0.5) is 0 Å². The first-order valence-corrected chi connectivity index (χ1v) is 13.8. The van der Waals surface area contributed by atoms with Crippen LogP contribution in [0.5, 0.6) is 0 Å².